The molecule has 1 N–H and O–H groups in total. The number of ether oxygens (including phenoxy) is 2. The van der Waals surface area contributed by atoms with Crippen molar-refractivity contribution < 1.29 is 22.7 Å². The molecule has 0 fully saturated rings. The predicted octanol–water partition coefficient (Wildman–Crippen LogP) is 3.27. The molecule has 0 saturated carbocycles. The second-order valence-electron chi connectivity index (χ2n) is 4.90. The van der Waals surface area contributed by atoms with E-state index in [9.17, 15) is 13.2 Å². The minimum Gasteiger partial charge on any atom is -0.496 e. The van der Waals surface area contributed by atoms with Crippen LogP contribution in [0, 0.1) is 0 Å². The van der Waals surface area contributed by atoms with Crippen LogP contribution in [0.3, 0.4) is 0 Å². The second kappa shape index (κ2) is 8.05. The first-order valence-corrected chi connectivity index (χ1v) is 9.23. The molecule has 25 heavy (non-hydrogen) atoms. The first-order valence-electron chi connectivity index (χ1n) is 6.99. The van der Waals surface area contributed by atoms with E-state index in [0.29, 0.717) is 11.3 Å². The van der Waals surface area contributed by atoms with Crippen LogP contribution in [0.25, 0.3) is 0 Å². The molecule has 0 aliphatic heterocycles. The summed E-state index contributed by atoms with van der Waals surface area (Å²) >= 11 is 11.9. The molecule has 9 heteroatoms. The van der Waals surface area contributed by atoms with Crippen molar-refractivity contribution in [1.82, 2.24) is 4.72 Å². The highest BCUT2D eigenvalue weighted by Crippen LogP contribution is 2.29. The lowest BCUT2D eigenvalue weighted by molar-refractivity contribution is 0.0597. The molecule has 0 spiro atoms. The summed E-state index contributed by atoms with van der Waals surface area (Å²) in [5.41, 5.74) is 0.727. The number of benzene rings is 2. The number of methoxy groups -OCH3 is 2. The zero-order valence-corrected chi connectivity index (χ0v) is 15.7. The standard InChI is InChI=1S/C16H15Cl2NO5S/c1-23-14-7-6-10(8-11(14)16(20)24-2)9-19-25(21,22)15-12(17)4-3-5-13(15)18/h3-8,19H,9H2,1-2H3. The fraction of sp³-hybridized carbons (Fsp3) is 0.188. The van der Waals surface area contributed by atoms with Gasteiger partial charge in [-0.25, -0.2) is 17.9 Å². The fourth-order valence-corrected chi connectivity index (χ4v) is 4.28. The van der Waals surface area contributed by atoms with Crippen molar-refractivity contribution in [3.63, 3.8) is 0 Å². The molecule has 134 valence electrons. The molecule has 0 aliphatic rings. The molecule has 2 aromatic rings. The Balaban J connectivity index is 2.28. The molecule has 0 saturated heterocycles. The molecule has 2 aromatic carbocycles. The van der Waals surface area contributed by atoms with E-state index in [4.69, 9.17) is 27.9 Å². The minimum atomic E-state index is -3.94. The van der Waals surface area contributed by atoms with E-state index in [1.165, 1.54) is 32.4 Å². The Hall–Kier alpha value is -1.80. The molecule has 0 radical (unpaired) electrons. The van der Waals surface area contributed by atoms with E-state index >= 15 is 0 Å². The van der Waals surface area contributed by atoms with Crippen LogP contribution in [0.1, 0.15) is 15.9 Å². The molecule has 0 aliphatic carbocycles. The number of halogens is 2. The van der Waals surface area contributed by atoms with E-state index in [0.717, 1.165) is 0 Å². The summed E-state index contributed by atoms with van der Waals surface area (Å²) in [6.45, 7) is -0.0716. The average molecular weight is 404 g/mol. The molecule has 0 aromatic heterocycles. The normalized spacial score (nSPS) is 11.2. The van der Waals surface area contributed by atoms with Gasteiger partial charge in [0.1, 0.15) is 16.2 Å². The maximum absolute atomic E-state index is 12.4. The second-order valence-corrected chi connectivity index (χ2v) is 7.42. The summed E-state index contributed by atoms with van der Waals surface area (Å²) in [6.07, 6.45) is 0. The van der Waals surface area contributed by atoms with Crippen LogP contribution >= 0.6 is 23.2 Å². The largest absolute Gasteiger partial charge is 0.496 e. The summed E-state index contributed by atoms with van der Waals surface area (Å²) in [6, 6.07) is 9.09. The molecule has 0 amide bonds. The average Bonchev–Trinajstić information content (AvgIpc) is 2.58. The summed E-state index contributed by atoms with van der Waals surface area (Å²) in [5.74, 6) is -0.261. The van der Waals surface area contributed by atoms with Gasteiger partial charge in [-0.1, -0.05) is 35.3 Å². The van der Waals surface area contributed by atoms with E-state index in [2.05, 4.69) is 9.46 Å². The van der Waals surface area contributed by atoms with Crippen LogP contribution in [0.4, 0.5) is 0 Å². The van der Waals surface area contributed by atoms with Crippen molar-refractivity contribution in [2.45, 2.75) is 11.4 Å². The summed E-state index contributed by atoms with van der Waals surface area (Å²) < 4.78 is 37.1. The van der Waals surface area contributed by atoms with Crippen molar-refractivity contribution in [2.24, 2.45) is 0 Å². The lowest BCUT2D eigenvalue weighted by Crippen LogP contribution is -2.24. The van der Waals surface area contributed by atoms with Crippen LogP contribution in [0.2, 0.25) is 10.0 Å². The molecule has 0 unspecified atom stereocenters. The molecule has 0 bridgehead atoms. The first kappa shape index (κ1) is 19.5. The van der Waals surface area contributed by atoms with Gasteiger partial charge in [0.05, 0.1) is 24.3 Å². The maximum atomic E-state index is 12.4. The van der Waals surface area contributed by atoms with Gasteiger partial charge in [0.25, 0.3) is 0 Å². The van der Waals surface area contributed by atoms with Gasteiger partial charge in [-0.3, -0.25) is 0 Å². The number of hydrogen-bond acceptors (Lipinski definition) is 5. The van der Waals surface area contributed by atoms with Crippen LogP contribution in [0.5, 0.6) is 5.75 Å². The van der Waals surface area contributed by atoms with Gasteiger partial charge >= 0.3 is 5.97 Å². The maximum Gasteiger partial charge on any atom is 0.341 e. The van der Waals surface area contributed by atoms with Gasteiger partial charge in [-0.15, -0.1) is 0 Å². The Bertz CT molecular complexity index is 879. The molecule has 0 heterocycles. The van der Waals surface area contributed by atoms with Gasteiger partial charge < -0.3 is 9.47 Å². The Labute approximate surface area is 155 Å². The van der Waals surface area contributed by atoms with Crippen molar-refractivity contribution in [1.29, 1.82) is 0 Å². The lowest BCUT2D eigenvalue weighted by atomic mass is 10.1. The van der Waals surface area contributed by atoms with E-state index in [1.807, 2.05) is 0 Å². The molecule has 2 rings (SSSR count). The smallest absolute Gasteiger partial charge is 0.341 e. The molecular formula is C16H15Cl2NO5S. The number of rotatable bonds is 6. The number of esters is 1. The Morgan fingerprint density at radius 2 is 1.76 bits per heavy atom. The molecule has 6 nitrogen and oxygen atoms in total. The number of carbonyl (C=O) groups is 1. The monoisotopic (exact) mass is 403 g/mol. The van der Waals surface area contributed by atoms with Crippen LogP contribution in [-0.4, -0.2) is 28.6 Å². The lowest BCUT2D eigenvalue weighted by Gasteiger charge is -2.12. The third kappa shape index (κ3) is 4.43. The highest BCUT2D eigenvalue weighted by Gasteiger charge is 2.21. The Morgan fingerprint density at radius 1 is 1.12 bits per heavy atom. The molecular weight excluding hydrogens is 389 g/mol. The zero-order valence-electron chi connectivity index (χ0n) is 13.4. The van der Waals surface area contributed by atoms with Crippen LogP contribution in [0.15, 0.2) is 41.3 Å². The summed E-state index contributed by atoms with van der Waals surface area (Å²) in [4.78, 5) is 11.6. The number of sulfonamides is 1. The van der Waals surface area contributed by atoms with Gasteiger partial charge in [-0.05, 0) is 29.8 Å². The number of carbonyl (C=O) groups excluding carboxylic acids is 1. The van der Waals surface area contributed by atoms with Gasteiger partial charge in [0.15, 0.2) is 0 Å². The van der Waals surface area contributed by atoms with E-state index in [-0.39, 0.29) is 27.0 Å². The van der Waals surface area contributed by atoms with Crippen molar-refractivity contribution >= 4 is 39.2 Å². The number of hydrogen-bond donors (Lipinski definition) is 1. The van der Waals surface area contributed by atoms with E-state index < -0.39 is 16.0 Å². The predicted molar refractivity (Wildman–Crippen MR) is 94.8 cm³/mol. The Kier molecular flexibility index (Phi) is 6.29. The van der Waals surface area contributed by atoms with Gasteiger partial charge in [0, 0.05) is 6.54 Å². The van der Waals surface area contributed by atoms with Crippen molar-refractivity contribution in [3.05, 3.63) is 57.6 Å². The summed E-state index contributed by atoms with van der Waals surface area (Å²) in [7, 11) is -1.27. The van der Waals surface area contributed by atoms with Crippen molar-refractivity contribution in [3.8, 4) is 5.75 Å². The van der Waals surface area contributed by atoms with Gasteiger partial charge in [0.2, 0.25) is 10.0 Å². The fourth-order valence-electron chi connectivity index (χ4n) is 2.12. The first-order chi connectivity index (χ1) is 11.8. The SMILES string of the molecule is COC(=O)c1cc(CNS(=O)(=O)c2c(Cl)cccc2Cl)ccc1OC. The zero-order chi connectivity index (χ0) is 18.6. The third-order valence-electron chi connectivity index (χ3n) is 3.32. The molecule has 0 atom stereocenters. The highest BCUT2D eigenvalue weighted by molar-refractivity contribution is 7.89. The van der Waals surface area contributed by atoms with Crippen molar-refractivity contribution in [2.75, 3.05) is 14.2 Å². The van der Waals surface area contributed by atoms with Gasteiger partial charge in [-0.2, -0.15) is 0 Å². The topological polar surface area (TPSA) is 81.7 Å². The van der Waals surface area contributed by atoms with Crippen LogP contribution in [-0.2, 0) is 21.3 Å². The summed E-state index contributed by atoms with van der Waals surface area (Å²) in [5, 5.41) is 0.0370. The Morgan fingerprint density at radius 3 is 2.32 bits per heavy atom. The highest BCUT2D eigenvalue weighted by atomic mass is 35.5. The third-order valence-corrected chi connectivity index (χ3v) is 5.68. The number of nitrogens with one attached hydrogen (secondary N) is 1. The van der Waals surface area contributed by atoms with Crippen LogP contribution < -0.4 is 9.46 Å². The minimum absolute atomic E-state index is 0.0185. The van der Waals surface area contributed by atoms with E-state index in [1.54, 1.807) is 18.2 Å². The quantitative estimate of drug-likeness (QED) is 0.748.